The Balaban J connectivity index is 2.37. The quantitative estimate of drug-likeness (QED) is 0.702. The molecule has 1 rings (SSSR count). The SMILES string of the molecule is COCCCNC(=O)C(C)Nc1cn(C)nc1C. The predicted molar refractivity (Wildman–Crippen MR) is 70.5 cm³/mol. The summed E-state index contributed by atoms with van der Waals surface area (Å²) >= 11 is 0. The molecule has 0 saturated heterocycles. The van der Waals surface area contributed by atoms with E-state index in [9.17, 15) is 4.79 Å². The van der Waals surface area contributed by atoms with E-state index in [1.165, 1.54) is 0 Å². The summed E-state index contributed by atoms with van der Waals surface area (Å²) in [7, 11) is 3.50. The number of nitrogens with zero attached hydrogens (tertiary/aromatic N) is 2. The lowest BCUT2D eigenvalue weighted by Gasteiger charge is -2.14. The minimum atomic E-state index is -0.282. The number of aromatic nitrogens is 2. The van der Waals surface area contributed by atoms with Gasteiger partial charge in [-0.05, 0) is 20.3 Å². The minimum Gasteiger partial charge on any atom is -0.385 e. The second kappa shape index (κ2) is 7.00. The highest BCUT2D eigenvalue weighted by molar-refractivity contribution is 5.84. The van der Waals surface area contributed by atoms with Crippen molar-refractivity contribution in [3.8, 4) is 0 Å². The molecule has 0 spiro atoms. The molecule has 0 saturated carbocycles. The van der Waals surface area contributed by atoms with Gasteiger partial charge in [0.05, 0.1) is 11.4 Å². The van der Waals surface area contributed by atoms with E-state index in [0.717, 1.165) is 17.8 Å². The lowest BCUT2D eigenvalue weighted by molar-refractivity contribution is -0.121. The van der Waals surface area contributed by atoms with Crippen LogP contribution < -0.4 is 10.6 Å². The molecular weight excluding hydrogens is 232 g/mol. The van der Waals surface area contributed by atoms with E-state index >= 15 is 0 Å². The maximum absolute atomic E-state index is 11.8. The smallest absolute Gasteiger partial charge is 0.242 e. The summed E-state index contributed by atoms with van der Waals surface area (Å²) in [6, 6.07) is -0.282. The number of ether oxygens (including phenoxy) is 1. The average Bonchev–Trinajstić information content (AvgIpc) is 2.63. The third kappa shape index (κ3) is 4.37. The Morgan fingerprint density at radius 1 is 1.61 bits per heavy atom. The summed E-state index contributed by atoms with van der Waals surface area (Å²) in [6.07, 6.45) is 2.69. The van der Waals surface area contributed by atoms with Crippen LogP contribution in [0, 0.1) is 6.92 Å². The number of rotatable bonds is 7. The molecule has 1 aromatic heterocycles. The Labute approximate surface area is 108 Å². The third-order valence-corrected chi connectivity index (χ3v) is 2.60. The molecule has 6 heteroatoms. The average molecular weight is 254 g/mol. The van der Waals surface area contributed by atoms with Gasteiger partial charge in [0.1, 0.15) is 6.04 Å². The number of aryl methyl sites for hydroxylation is 2. The first-order valence-corrected chi connectivity index (χ1v) is 6.08. The van der Waals surface area contributed by atoms with Gasteiger partial charge in [0.25, 0.3) is 0 Å². The molecule has 1 atom stereocenters. The standard InChI is InChI=1S/C12H22N4O2/c1-9-11(8-16(3)15-9)14-10(2)12(17)13-6-5-7-18-4/h8,10,14H,5-7H2,1-4H3,(H,13,17). The maximum atomic E-state index is 11.8. The normalized spacial score (nSPS) is 12.2. The topological polar surface area (TPSA) is 68.2 Å². The molecule has 0 radical (unpaired) electrons. The number of hydrogen-bond donors (Lipinski definition) is 2. The van der Waals surface area contributed by atoms with Gasteiger partial charge in [0.2, 0.25) is 5.91 Å². The highest BCUT2D eigenvalue weighted by Crippen LogP contribution is 2.12. The van der Waals surface area contributed by atoms with E-state index < -0.39 is 0 Å². The van der Waals surface area contributed by atoms with Crippen LogP contribution in [-0.2, 0) is 16.6 Å². The Morgan fingerprint density at radius 2 is 2.33 bits per heavy atom. The van der Waals surface area contributed by atoms with Gasteiger partial charge >= 0.3 is 0 Å². The first kappa shape index (κ1) is 14.5. The van der Waals surface area contributed by atoms with Crippen molar-refractivity contribution in [2.24, 2.45) is 7.05 Å². The second-order valence-electron chi connectivity index (χ2n) is 4.31. The van der Waals surface area contributed by atoms with E-state index in [4.69, 9.17) is 4.74 Å². The molecule has 1 heterocycles. The highest BCUT2D eigenvalue weighted by atomic mass is 16.5. The Kier molecular flexibility index (Phi) is 5.64. The summed E-state index contributed by atoms with van der Waals surface area (Å²) in [4.78, 5) is 11.8. The van der Waals surface area contributed by atoms with Crippen molar-refractivity contribution in [1.29, 1.82) is 0 Å². The fourth-order valence-corrected chi connectivity index (χ4v) is 1.62. The number of nitrogens with one attached hydrogen (secondary N) is 2. The molecule has 6 nitrogen and oxygen atoms in total. The zero-order valence-corrected chi connectivity index (χ0v) is 11.5. The number of methoxy groups -OCH3 is 1. The highest BCUT2D eigenvalue weighted by Gasteiger charge is 2.14. The van der Waals surface area contributed by atoms with Gasteiger partial charge in [0.15, 0.2) is 0 Å². The number of carbonyl (C=O) groups excluding carboxylic acids is 1. The van der Waals surface area contributed by atoms with Crippen LogP contribution in [0.25, 0.3) is 0 Å². The van der Waals surface area contributed by atoms with E-state index in [2.05, 4.69) is 15.7 Å². The Morgan fingerprint density at radius 3 is 2.89 bits per heavy atom. The van der Waals surface area contributed by atoms with Crippen molar-refractivity contribution >= 4 is 11.6 Å². The van der Waals surface area contributed by atoms with Crippen LogP contribution in [0.2, 0.25) is 0 Å². The van der Waals surface area contributed by atoms with Crippen LogP contribution >= 0.6 is 0 Å². The van der Waals surface area contributed by atoms with Crippen molar-refractivity contribution in [2.45, 2.75) is 26.3 Å². The molecule has 18 heavy (non-hydrogen) atoms. The van der Waals surface area contributed by atoms with Crippen molar-refractivity contribution in [3.63, 3.8) is 0 Å². The van der Waals surface area contributed by atoms with Gasteiger partial charge in [-0.25, -0.2) is 0 Å². The van der Waals surface area contributed by atoms with Crippen molar-refractivity contribution < 1.29 is 9.53 Å². The van der Waals surface area contributed by atoms with E-state index in [1.807, 2.05) is 27.1 Å². The molecule has 0 fully saturated rings. The summed E-state index contributed by atoms with van der Waals surface area (Å²) in [5.41, 5.74) is 1.77. The minimum absolute atomic E-state index is 0.0191. The molecule has 102 valence electrons. The number of amides is 1. The molecule has 0 bridgehead atoms. The third-order valence-electron chi connectivity index (χ3n) is 2.60. The lowest BCUT2D eigenvalue weighted by atomic mass is 10.2. The fraction of sp³-hybridized carbons (Fsp3) is 0.667. The monoisotopic (exact) mass is 254 g/mol. The Bertz CT molecular complexity index is 389. The van der Waals surface area contributed by atoms with Gasteiger partial charge in [-0.15, -0.1) is 0 Å². The molecule has 1 aromatic rings. The number of hydrogen-bond acceptors (Lipinski definition) is 4. The Hall–Kier alpha value is -1.56. The number of anilines is 1. The molecule has 1 unspecified atom stereocenters. The largest absolute Gasteiger partial charge is 0.385 e. The van der Waals surface area contributed by atoms with Crippen molar-refractivity contribution in [3.05, 3.63) is 11.9 Å². The van der Waals surface area contributed by atoms with Gasteiger partial charge in [-0.3, -0.25) is 9.48 Å². The fourth-order valence-electron chi connectivity index (χ4n) is 1.62. The van der Waals surface area contributed by atoms with Gasteiger partial charge in [-0.1, -0.05) is 0 Å². The lowest BCUT2D eigenvalue weighted by Crippen LogP contribution is -2.38. The summed E-state index contributed by atoms with van der Waals surface area (Å²) in [5, 5.41) is 10.2. The van der Waals surface area contributed by atoms with Crippen LogP contribution in [0.3, 0.4) is 0 Å². The maximum Gasteiger partial charge on any atom is 0.242 e. The molecule has 0 aliphatic carbocycles. The van der Waals surface area contributed by atoms with Crippen LogP contribution in [-0.4, -0.2) is 42.0 Å². The van der Waals surface area contributed by atoms with E-state index in [1.54, 1.807) is 11.8 Å². The molecule has 1 amide bonds. The first-order valence-electron chi connectivity index (χ1n) is 6.08. The van der Waals surface area contributed by atoms with Gasteiger partial charge in [-0.2, -0.15) is 5.10 Å². The molecule has 0 aliphatic heterocycles. The molecular formula is C12H22N4O2. The van der Waals surface area contributed by atoms with E-state index in [0.29, 0.717) is 13.2 Å². The summed E-state index contributed by atoms with van der Waals surface area (Å²) in [6.45, 7) is 5.03. The van der Waals surface area contributed by atoms with E-state index in [-0.39, 0.29) is 11.9 Å². The van der Waals surface area contributed by atoms with Crippen LogP contribution in [0.4, 0.5) is 5.69 Å². The molecule has 2 N–H and O–H groups in total. The number of carbonyl (C=O) groups is 1. The summed E-state index contributed by atoms with van der Waals surface area (Å²) in [5.74, 6) is -0.0191. The summed E-state index contributed by atoms with van der Waals surface area (Å²) < 4.78 is 6.64. The molecule has 0 aromatic carbocycles. The van der Waals surface area contributed by atoms with Gasteiger partial charge < -0.3 is 15.4 Å². The van der Waals surface area contributed by atoms with Crippen molar-refractivity contribution in [2.75, 3.05) is 25.6 Å². The van der Waals surface area contributed by atoms with Crippen LogP contribution in [0.1, 0.15) is 19.0 Å². The first-order chi connectivity index (χ1) is 8.54. The zero-order valence-electron chi connectivity index (χ0n) is 11.5. The second-order valence-corrected chi connectivity index (χ2v) is 4.31. The van der Waals surface area contributed by atoms with Gasteiger partial charge in [0, 0.05) is 33.5 Å². The zero-order chi connectivity index (χ0) is 13.5. The predicted octanol–water partition coefficient (Wildman–Crippen LogP) is 0.682. The van der Waals surface area contributed by atoms with Crippen LogP contribution in [0.15, 0.2) is 6.20 Å². The van der Waals surface area contributed by atoms with Crippen LogP contribution in [0.5, 0.6) is 0 Å². The van der Waals surface area contributed by atoms with Crippen molar-refractivity contribution in [1.82, 2.24) is 15.1 Å². The molecule has 0 aliphatic rings.